The fourth-order valence-corrected chi connectivity index (χ4v) is 2.62. The van der Waals surface area contributed by atoms with E-state index in [9.17, 15) is 4.79 Å². The van der Waals surface area contributed by atoms with Gasteiger partial charge in [-0.3, -0.25) is 5.43 Å². The van der Waals surface area contributed by atoms with E-state index in [4.69, 9.17) is 21.4 Å². The van der Waals surface area contributed by atoms with E-state index >= 15 is 0 Å². The van der Waals surface area contributed by atoms with Crippen molar-refractivity contribution in [1.82, 2.24) is 4.98 Å². The highest BCUT2D eigenvalue weighted by atomic mass is 35.5. The smallest absolute Gasteiger partial charge is 0.341 e. The number of aliphatic carboxylic acids is 1. The maximum Gasteiger partial charge on any atom is 0.341 e. The minimum atomic E-state index is -1.04. The highest BCUT2D eigenvalue weighted by Gasteiger charge is 2.05. The van der Waals surface area contributed by atoms with Crippen LogP contribution < -0.4 is 10.2 Å². The van der Waals surface area contributed by atoms with Gasteiger partial charge in [-0.2, -0.15) is 5.10 Å². The first-order valence-corrected chi connectivity index (χ1v) is 8.20. The summed E-state index contributed by atoms with van der Waals surface area (Å²) in [5.41, 5.74) is 5.39. The van der Waals surface area contributed by atoms with Crippen LogP contribution in [0.1, 0.15) is 11.1 Å². The number of hydrogen-bond acceptors (Lipinski definition) is 5. The highest BCUT2D eigenvalue weighted by Crippen LogP contribution is 2.23. The Balaban J connectivity index is 1.78. The number of nitrogens with zero attached hydrogens (tertiary/aromatic N) is 2. The van der Waals surface area contributed by atoms with Crippen LogP contribution in [0.4, 0.5) is 5.82 Å². The predicted molar refractivity (Wildman–Crippen MR) is 102 cm³/mol. The third kappa shape index (κ3) is 4.29. The molecule has 0 saturated heterocycles. The molecule has 0 aliphatic carbocycles. The van der Waals surface area contributed by atoms with Crippen molar-refractivity contribution in [3.05, 3.63) is 64.7 Å². The van der Waals surface area contributed by atoms with Crippen LogP contribution in [0.5, 0.6) is 5.75 Å². The average Bonchev–Trinajstić information content (AvgIpc) is 2.61. The molecule has 0 bridgehead atoms. The second-order valence-electron chi connectivity index (χ2n) is 5.58. The topological polar surface area (TPSA) is 83.8 Å². The van der Waals surface area contributed by atoms with Gasteiger partial charge in [-0.25, -0.2) is 9.78 Å². The number of carboxylic acid groups (broad SMARTS) is 1. The van der Waals surface area contributed by atoms with E-state index in [1.165, 1.54) is 0 Å². The van der Waals surface area contributed by atoms with Gasteiger partial charge in [-0.05, 0) is 48.9 Å². The molecule has 0 aliphatic heterocycles. The summed E-state index contributed by atoms with van der Waals surface area (Å²) in [6.07, 6.45) is 1.56. The van der Waals surface area contributed by atoms with Crippen molar-refractivity contribution in [1.29, 1.82) is 0 Å². The molecule has 0 radical (unpaired) electrons. The number of para-hydroxylation sites is 1. The molecule has 0 spiro atoms. The van der Waals surface area contributed by atoms with Gasteiger partial charge in [0, 0.05) is 16.0 Å². The zero-order valence-corrected chi connectivity index (χ0v) is 14.7. The number of carboxylic acids is 1. The third-order valence-electron chi connectivity index (χ3n) is 3.63. The number of rotatable bonds is 6. The molecular weight excluding hydrogens is 354 g/mol. The Hall–Kier alpha value is -3.12. The van der Waals surface area contributed by atoms with E-state index in [1.54, 1.807) is 30.5 Å². The highest BCUT2D eigenvalue weighted by molar-refractivity contribution is 6.31. The number of hydrogen-bond donors (Lipinski definition) is 2. The number of hydrazone groups is 1. The van der Waals surface area contributed by atoms with Crippen LogP contribution in [0.3, 0.4) is 0 Å². The maximum absolute atomic E-state index is 10.7. The second-order valence-corrected chi connectivity index (χ2v) is 6.01. The first-order valence-electron chi connectivity index (χ1n) is 7.82. The fraction of sp³-hybridized carbons (Fsp3) is 0.105. The molecule has 2 N–H and O–H groups in total. The molecule has 6 nitrogen and oxygen atoms in total. The van der Waals surface area contributed by atoms with E-state index < -0.39 is 12.6 Å². The Morgan fingerprint density at radius 1 is 1.31 bits per heavy atom. The number of fused-ring (bicyclic) bond motifs is 1. The minimum Gasteiger partial charge on any atom is -0.481 e. The van der Waals surface area contributed by atoms with Crippen molar-refractivity contribution in [2.24, 2.45) is 5.10 Å². The maximum atomic E-state index is 10.7. The molecule has 0 saturated carbocycles. The molecule has 2 aromatic carbocycles. The first-order chi connectivity index (χ1) is 12.5. The van der Waals surface area contributed by atoms with Gasteiger partial charge in [0.2, 0.25) is 0 Å². The number of benzene rings is 2. The van der Waals surface area contributed by atoms with Crippen molar-refractivity contribution in [2.75, 3.05) is 12.0 Å². The fourth-order valence-electron chi connectivity index (χ4n) is 2.45. The van der Waals surface area contributed by atoms with Crippen molar-refractivity contribution in [2.45, 2.75) is 6.92 Å². The lowest BCUT2D eigenvalue weighted by molar-refractivity contribution is -0.139. The molecule has 1 heterocycles. The molecule has 1 aromatic heterocycles. The summed E-state index contributed by atoms with van der Waals surface area (Å²) >= 11 is 6.03. The second kappa shape index (κ2) is 7.84. The van der Waals surface area contributed by atoms with Gasteiger partial charge in [-0.1, -0.05) is 23.7 Å². The Morgan fingerprint density at radius 3 is 2.92 bits per heavy atom. The quantitative estimate of drug-likeness (QED) is 0.504. The lowest BCUT2D eigenvalue weighted by Gasteiger charge is -2.07. The monoisotopic (exact) mass is 369 g/mol. The number of aryl methyl sites for hydroxylation is 1. The van der Waals surface area contributed by atoms with Gasteiger partial charge in [0.15, 0.2) is 6.61 Å². The SMILES string of the molecule is Cc1cc(N/N=C/c2ccccc2OCC(=O)O)nc2ccc(Cl)cc12. The molecule has 0 fully saturated rings. The van der Waals surface area contributed by atoms with Crippen molar-refractivity contribution in [3.63, 3.8) is 0 Å². The van der Waals surface area contributed by atoms with Crippen LogP contribution in [0, 0.1) is 6.92 Å². The van der Waals surface area contributed by atoms with Gasteiger partial charge in [0.05, 0.1) is 11.7 Å². The number of aromatic nitrogens is 1. The van der Waals surface area contributed by atoms with Crippen LogP contribution in [0.15, 0.2) is 53.6 Å². The Kier molecular flexibility index (Phi) is 5.34. The van der Waals surface area contributed by atoms with E-state index in [1.807, 2.05) is 31.2 Å². The molecule has 26 heavy (non-hydrogen) atoms. The van der Waals surface area contributed by atoms with Gasteiger partial charge in [0.25, 0.3) is 0 Å². The van der Waals surface area contributed by atoms with Crippen LogP contribution in [-0.2, 0) is 4.79 Å². The summed E-state index contributed by atoms with van der Waals surface area (Å²) in [4.78, 5) is 15.2. The number of ether oxygens (including phenoxy) is 1. The van der Waals surface area contributed by atoms with E-state index in [0.29, 0.717) is 22.2 Å². The lowest BCUT2D eigenvalue weighted by Crippen LogP contribution is -2.10. The van der Waals surface area contributed by atoms with Crippen molar-refractivity contribution < 1.29 is 14.6 Å². The number of nitrogens with one attached hydrogen (secondary N) is 1. The average molecular weight is 370 g/mol. The number of pyridine rings is 1. The van der Waals surface area contributed by atoms with Gasteiger partial charge in [-0.15, -0.1) is 0 Å². The largest absolute Gasteiger partial charge is 0.481 e. The molecule has 0 aliphatic rings. The molecule has 132 valence electrons. The predicted octanol–water partition coefficient (Wildman–Crippen LogP) is 4.11. The van der Waals surface area contributed by atoms with Crippen LogP contribution in [0.25, 0.3) is 10.9 Å². The Morgan fingerprint density at radius 2 is 2.12 bits per heavy atom. The summed E-state index contributed by atoms with van der Waals surface area (Å²) < 4.78 is 5.24. The summed E-state index contributed by atoms with van der Waals surface area (Å²) in [6.45, 7) is 1.57. The summed E-state index contributed by atoms with van der Waals surface area (Å²) in [5, 5.41) is 14.6. The standard InChI is InChI=1S/C19H16ClN3O3/c1-12-8-18(22-16-7-6-14(20)9-15(12)16)23-21-10-13-4-2-3-5-17(13)26-11-19(24)25/h2-10H,11H2,1H3,(H,22,23)(H,24,25)/b21-10+. The van der Waals surface area contributed by atoms with Crippen molar-refractivity contribution in [3.8, 4) is 5.75 Å². The number of carbonyl (C=O) groups is 1. The normalized spacial score (nSPS) is 11.0. The van der Waals surface area contributed by atoms with E-state index in [-0.39, 0.29) is 0 Å². The summed E-state index contributed by atoms with van der Waals surface area (Å²) in [5.74, 6) is 0.000982. The van der Waals surface area contributed by atoms with Crippen molar-refractivity contribution >= 4 is 40.5 Å². The van der Waals surface area contributed by atoms with Gasteiger partial charge >= 0.3 is 5.97 Å². The van der Waals surface area contributed by atoms with Crippen LogP contribution in [-0.4, -0.2) is 28.9 Å². The Labute approximate surface area is 155 Å². The molecule has 3 aromatic rings. The molecule has 7 heteroatoms. The molecule has 0 atom stereocenters. The zero-order chi connectivity index (χ0) is 18.5. The number of halogens is 1. The van der Waals surface area contributed by atoms with Crippen LogP contribution >= 0.6 is 11.6 Å². The Bertz CT molecular complexity index is 989. The molecular formula is C19H16ClN3O3. The van der Waals surface area contributed by atoms with Gasteiger partial charge < -0.3 is 9.84 Å². The number of anilines is 1. The molecule has 0 unspecified atom stereocenters. The lowest BCUT2D eigenvalue weighted by atomic mass is 10.1. The van der Waals surface area contributed by atoms with E-state index in [0.717, 1.165) is 16.5 Å². The molecule has 0 amide bonds. The third-order valence-corrected chi connectivity index (χ3v) is 3.87. The zero-order valence-electron chi connectivity index (χ0n) is 13.9. The van der Waals surface area contributed by atoms with Crippen LogP contribution in [0.2, 0.25) is 5.02 Å². The van der Waals surface area contributed by atoms with Gasteiger partial charge in [0.1, 0.15) is 11.6 Å². The summed E-state index contributed by atoms with van der Waals surface area (Å²) in [6, 6.07) is 14.5. The minimum absolute atomic E-state index is 0.410. The summed E-state index contributed by atoms with van der Waals surface area (Å²) in [7, 11) is 0. The first kappa shape index (κ1) is 17.7. The molecule has 3 rings (SSSR count). The van der Waals surface area contributed by atoms with E-state index in [2.05, 4.69) is 15.5 Å².